The number of hydrogen-bond donors (Lipinski definition) is 3. The standard InChI is InChI=1S/C11H13N5OS/c1-7-4-14-10(18-7)6-15-11(17)8-5-13-3-2-9(8)16-12/h2-5H,6,12H2,1H3,(H,13,16)(H,15,17). The number of nitrogens with zero attached hydrogens (tertiary/aromatic N) is 2. The molecule has 0 saturated heterocycles. The molecule has 94 valence electrons. The molecule has 0 aliphatic heterocycles. The first-order valence-electron chi connectivity index (χ1n) is 5.31. The van der Waals surface area contributed by atoms with Gasteiger partial charge in [0, 0.05) is 23.5 Å². The van der Waals surface area contributed by atoms with Gasteiger partial charge in [-0.1, -0.05) is 0 Å². The van der Waals surface area contributed by atoms with E-state index in [4.69, 9.17) is 5.84 Å². The van der Waals surface area contributed by atoms with Crippen LogP contribution in [-0.2, 0) is 6.54 Å². The lowest BCUT2D eigenvalue weighted by Crippen LogP contribution is -2.24. The van der Waals surface area contributed by atoms with Gasteiger partial charge in [-0.2, -0.15) is 0 Å². The molecule has 0 spiro atoms. The van der Waals surface area contributed by atoms with Crippen LogP contribution in [0.15, 0.2) is 24.7 Å². The summed E-state index contributed by atoms with van der Waals surface area (Å²) in [5, 5.41) is 3.64. The Morgan fingerprint density at radius 1 is 1.50 bits per heavy atom. The zero-order valence-corrected chi connectivity index (χ0v) is 10.6. The highest BCUT2D eigenvalue weighted by Gasteiger charge is 2.11. The molecular weight excluding hydrogens is 250 g/mol. The highest BCUT2D eigenvalue weighted by Crippen LogP contribution is 2.13. The summed E-state index contributed by atoms with van der Waals surface area (Å²) >= 11 is 1.55. The lowest BCUT2D eigenvalue weighted by atomic mass is 10.2. The highest BCUT2D eigenvalue weighted by molar-refractivity contribution is 7.11. The predicted molar refractivity (Wildman–Crippen MR) is 70.1 cm³/mol. The second-order valence-corrected chi connectivity index (χ2v) is 4.93. The summed E-state index contributed by atoms with van der Waals surface area (Å²) in [6, 6.07) is 1.64. The number of aryl methyl sites for hydroxylation is 1. The van der Waals surface area contributed by atoms with Crippen LogP contribution in [0.2, 0.25) is 0 Å². The smallest absolute Gasteiger partial charge is 0.255 e. The SMILES string of the molecule is Cc1cnc(CNC(=O)c2cnccc2NN)s1. The van der Waals surface area contributed by atoms with Crippen LogP contribution in [0.1, 0.15) is 20.2 Å². The van der Waals surface area contributed by atoms with Crippen LogP contribution in [0.3, 0.4) is 0 Å². The molecule has 0 saturated carbocycles. The van der Waals surface area contributed by atoms with E-state index in [0.29, 0.717) is 17.8 Å². The lowest BCUT2D eigenvalue weighted by Gasteiger charge is -2.07. The van der Waals surface area contributed by atoms with Crippen molar-refractivity contribution in [3.63, 3.8) is 0 Å². The molecule has 0 aliphatic carbocycles. The number of hydrogen-bond acceptors (Lipinski definition) is 6. The molecule has 4 N–H and O–H groups in total. The maximum Gasteiger partial charge on any atom is 0.255 e. The number of amides is 1. The van der Waals surface area contributed by atoms with Gasteiger partial charge in [0.25, 0.3) is 5.91 Å². The van der Waals surface area contributed by atoms with Gasteiger partial charge in [0.1, 0.15) is 5.01 Å². The van der Waals surface area contributed by atoms with Crippen LogP contribution in [0, 0.1) is 6.92 Å². The van der Waals surface area contributed by atoms with Crippen LogP contribution < -0.4 is 16.6 Å². The largest absolute Gasteiger partial charge is 0.345 e. The Bertz CT molecular complexity index is 554. The minimum atomic E-state index is -0.232. The molecule has 0 aliphatic rings. The fourth-order valence-electron chi connectivity index (χ4n) is 1.44. The van der Waals surface area contributed by atoms with Gasteiger partial charge >= 0.3 is 0 Å². The molecule has 0 fully saturated rings. The van der Waals surface area contributed by atoms with Gasteiger partial charge in [0.15, 0.2) is 0 Å². The Labute approximate surface area is 108 Å². The van der Waals surface area contributed by atoms with Crippen LogP contribution in [-0.4, -0.2) is 15.9 Å². The maximum atomic E-state index is 11.9. The second kappa shape index (κ2) is 5.56. The van der Waals surface area contributed by atoms with E-state index >= 15 is 0 Å². The Kier molecular flexibility index (Phi) is 3.85. The van der Waals surface area contributed by atoms with Crippen molar-refractivity contribution in [2.24, 2.45) is 5.84 Å². The van der Waals surface area contributed by atoms with Gasteiger partial charge in [-0.25, -0.2) is 4.98 Å². The number of nitrogens with one attached hydrogen (secondary N) is 2. The number of nitrogens with two attached hydrogens (primary N) is 1. The summed E-state index contributed by atoms with van der Waals surface area (Å²) in [4.78, 5) is 21.1. The van der Waals surface area contributed by atoms with Crippen molar-refractivity contribution in [2.45, 2.75) is 13.5 Å². The zero-order valence-electron chi connectivity index (χ0n) is 9.80. The summed E-state index contributed by atoms with van der Waals surface area (Å²) < 4.78 is 0. The third-order valence-corrected chi connectivity index (χ3v) is 3.20. The van der Waals surface area contributed by atoms with Gasteiger partial charge in [0.05, 0.1) is 17.8 Å². The number of rotatable bonds is 4. The Hall–Kier alpha value is -1.99. The first-order chi connectivity index (χ1) is 8.70. The Morgan fingerprint density at radius 2 is 2.33 bits per heavy atom. The summed E-state index contributed by atoms with van der Waals surface area (Å²) in [6.45, 7) is 2.37. The molecule has 2 heterocycles. The van der Waals surface area contributed by atoms with Gasteiger partial charge < -0.3 is 10.7 Å². The molecule has 0 radical (unpaired) electrons. The van der Waals surface area contributed by atoms with E-state index in [0.717, 1.165) is 9.88 Å². The van der Waals surface area contributed by atoms with Crippen LogP contribution >= 0.6 is 11.3 Å². The molecule has 0 unspecified atom stereocenters. The van der Waals surface area contributed by atoms with Gasteiger partial charge in [-0.3, -0.25) is 15.6 Å². The van der Waals surface area contributed by atoms with Crippen molar-refractivity contribution in [2.75, 3.05) is 5.43 Å². The first-order valence-corrected chi connectivity index (χ1v) is 6.12. The highest BCUT2D eigenvalue weighted by atomic mass is 32.1. The lowest BCUT2D eigenvalue weighted by molar-refractivity contribution is 0.0951. The van der Waals surface area contributed by atoms with E-state index in [2.05, 4.69) is 20.7 Å². The Balaban J connectivity index is 2.03. The van der Waals surface area contributed by atoms with Gasteiger partial charge in [-0.15, -0.1) is 11.3 Å². The molecule has 2 aromatic rings. The van der Waals surface area contributed by atoms with Gasteiger partial charge in [-0.05, 0) is 13.0 Å². The molecular formula is C11H13N5OS. The third kappa shape index (κ3) is 2.82. The normalized spacial score (nSPS) is 10.1. The molecule has 18 heavy (non-hydrogen) atoms. The van der Waals surface area contributed by atoms with Crippen molar-refractivity contribution >= 4 is 22.9 Å². The zero-order chi connectivity index (χ0) is 13.0. The molecule has 0 aromatic carbocycles. The van der Waals surface area contributed by atoms with E-state index in [9.17, 15) is 4.79 Å². The number of anilines is 1. The Morgan fingerprint density at radius 3 is 3.00 bits per heavy atom. The molecule has 0 bridgehead atoms. The van der Waals surface area contributed by atoms with Crippen LogP contribution in [0.25, 0.3) is 0 Å². The predicted octanol–water partition coefficient (Wildman–Crippen LogP) is 1.06. The molecule has 1 amide bonds. The molecule has 0 atom stereocenters. The fourth-order valence-corrected chi connectivity index (χ4v) is 2.16. The van der Waals surface area contributed by atoms with Crippen molar-refractivity contribution in [1.29, 1.82) is 0 Å². The second-order valence-electron chi connectivity index (χ2n) is 3.61. The van der Waals surface area contributed by atoms with E-state index in [1.54, 1.807) is 29.8 Å². The van der Waals surface area contributed by atoms with E-state index in [-0.39, 0.29) is 5.91 Å². The number of carbonyl (C=O) groups is 1. The van der Waals surface area contributed by atoms with Crippen molar-refractivity contribution in [1.82, 2.24) is 15.3 Å². The fraction of sp³-hybridized carbons (Fsp3) is 0.182. The molecule has 2 rings (SSSR count). The molecule has 7 heteroatoms. The minimum absolute atomic E-state index is 0.232. The number of aromatic nitrogens is 2. The number of carbonyl (C=O) groups excluding carboxylic acids is 1. The monoisotopic (exact) mass is 263 g/mol. The summed E-state index contributed by atoms with van der Waals surface area (Å²) in [5.41, 5.74) is 3.42. The summed E-state index contributed by atoms with van der Waals surface area (Å²) in [6.07, 6.45) is 4.82. The van der Waals surface area contributed by atoms with Crippen molar-refractivity contribution in [3.8, 4) is 0 Å². The number of pyridine rings is 1. The van der Waals surface area contributed by atoms with E-state index in [1.807, 2.05) is 6.92 Å². The van der Waals surface area contributed by atoms with Crippen molar-refractivity contribution in [3.05, 3.63) is 40.1 Å². The van der Waals surface area contributed by atoms with Crippen LogP contribution in [0.4, 0.5) is 5.69 Å². The van der Waals surface area contributed by atoms with Crippen molar-refractivity contribution < 1.29 is 4.79 Å². The summed E-state index contributed by atoms with van der Waals surface area (Å²) in [7, 11) is 0. The van der Waals surface area contributed by atoms with Gasteiger partial charge in [0.2, 0.25) is 0 Å². The number of nitrogen functional groups attached to an aromatic ring is 1. The average molecular weight is 263 g/mol. The molecule has 2 aromatic heterocycles. The average Bonchev–Trinajstić information content (AvgIpc) is 2.81. The van der Waals surface area contributed by atoms with E-state index < -0.39 is 0 Å². The summed E-state index contributed by atoms with van der Waals surface area (Å²) in [5.74, 6) is 5.10. The maximum absolute atomic E-state index is 11.9. The first kappa shape index (κ1) is 12.5. The quantitative estimate of drug-likeness (QED) is 0.566. The van der Waals surface area contributed by atoms with E-state index in [1.165, 1.54) is 6.20 Å². The molecule has 6 nitrogen and oxygen atoms in total. The third-order valence-electron chi connectivity index (χ3n) is 2.29. The topological polar surface area (TPSA) is 92.9 Å². The minimum Gasteiger partial charge on any atom is -0.345 e. The van der Waals surface area contributed by atoms with Crippen LogP contribution in [0.5, 0.6) is 0 Å². The number of thiazole rings is 1. The number of hydrazine groups is 1.